The molecule has 17 heavy (non-hydrogen) atoms. The van der Waals surface area contributed by atoms with Gasteiger partial charge in [0.25, 0.3) is 0 Å². The summed E-state index contributed by atoms with van der Waals surface area (Å²) < 4.78 is 19.9. The SMILES string of the molecule is COC[C@@H]1OC[C@@H](C)C1(C(=O)OC)C(=O)OC. The summed E-state index contributed by atoms with van der Waals surface area (Å²) in [5, 5.41) is 0. The van der Waals surface area contributed by atoms with Crippen molar-refractivity contribution in [2.45, 2.75) is 13.0 Å². The van der Waals surface area contributed by atoms with Crippen LogP contribution in [0.1, 0.15) is 6.92 Å². The summed E-state index contributed by atoms with van der Waals surface area (Å²) in [6, 6.07) is 0. The summed E-state index contributed by atoms with van der Waals surface area (Å²) in [4.78, 5) is 23.9. The van der Waals surface area contributed by atoms with Gasteiger partial charge in [0.2, 0.25) is 0 Å². The number of hydrogen-bond acceptors (Lipinski definition) is 6. The molecule has 1 fully saturated rings. The smallest absolute Gasteiger partial charge is 0.326 e. The van der Waals surface area contributed by atoms with Gasteiger partial charge in [0.05, 0.1) is 27.4 Å². The minimum Gasteiger partial charge on any atom is -0.468 e. The van der Waals surface area contributed by atoms with Crippen molar-refractivity contribution in [1.29, 1.82) is 0 Å². The molecule has 0 aromatic rings. The Labute approximate surface area is 100 Å². The normalized spacial score (nSPS) is 26.6. The highest BCUT2D eigenvalue weighted by molar-refractivity contribution is 6.01. The lowest BCUT2D eigenvalue weighted by Crippen LogP contribution is -2.52. The first-order valence-electron chi connectivity index (χ1n) is 5.33. The fourth-order valence-electron chi connectivity index (χ4n) is 2.26. The molecule has 1 rings (SSSR count). The van der Waals surface area contributed by atoms with Crippen LogP contribution in [-0.2, 0) is 28.5 Å². The number of hydrogen-bond donors (Lipinski definition) is 0. The largest absolute Gasteiger partial charge is 0.468 e. The first-order chi connectivity index (χ1) is 8.05. The van der Waals surface area contributed by atoms with Crippen LogP contribution in [0.3, 0.4) is 0 Å². The van der Waals surface area contributed by atoms with Crippen molar-refractivity contribution in [3.63, 3.8) is 0 Å². The third-order valence-electron chi connectivity index (χ3n) is 3.20. The van der Waals surface area contributed by atoms with Crippen molar-refractivity contribution in [3.05, 3.63) is 0 Å². The number of carbonyl (C=O) groups excluding carboxylic acids is 2. The van der Waals surface area contributed by atoms with E-state index >= 15 is 0 Å². The maximum atomic E-state index is 12.0. The van der Waals surface area contributed by atoms with Crippen LogP contribution in [-0.4, -0.2) is 52.6 Å². The second-order valence-electron chi connectivity index (χ2n) is 4.03. The van der Waals surface area contributed by atoms with E-state index in [9.17, 15) is 9.59 Å². The van der Waals surface area contributed by atoms with E-state index in [1.54, 1.807) is 6.92 Å². The average molecular weight is 246 g/mol. The molecule has 0 N–H and O–H groups in total. The maximum absolute atomic E-state index is 12.0. The molecule has 1 heterocycles. The summed E-state index contributed by atoms with van der Waals surface area (Å²) in [6.45, 7) is 2.18. The van der Waals surface area contributed by atoms with E-state index in [-0.39, 0.29) is 19.1 Å². The molecule has 1 aliphatic heterocycles. The minimum absolute atomic E-state index is 0.133. The van der Waals surface area contributed by atoms with E-state index < -0.39 is 23.5 Å². The maximum Gasteiger partial charge on any atom is 0.326 e. The molecule has 0 bridgehead atoms. The van der Waals surface area contributed by atoms with Crippen LogP contribution in [0.2, 0.25) is 0 Å². The molecule has 0 saturated carbocycles. The van der Waals surface area contributed by atoms with E-state index in [1.165, 1.54) is 21.3 Å². The van der Waals surface area contributed by atoms with Crippen LogP contribution in [0, 0.1) is 11.3 Å². The molecule has 98 valence electrons. The fraction of sp³-hybridized carbons (Fsp3) is 0.818. The van der Waals surface area contributed by atoms with Crippen molar-refractivity contribution >= 4 is 11.9 Å². The summed E-state index contributed by atoms with van der Waals surface area (Å²) in [7, 11) is 3.95. The zero-order valence-corrected chi connectivity index (χ0v) is 10.5. The Morgan fingerprint density at radius 2 is 1.76 bits per heavy atom. The second-order valence-corrected chi connectivity index (χ2v) is 4.03. The van der Waals surface area contributed by atoms with E-state index in [4.69, 9.17) is 18.9 Å². The highest BCUT2D eigenvalue weighted by Gasteiger charge is 2.62. The molecule has 1 aliphatic rings. The van der Waals surface area contributed by atoms with Gasteiger partial charge in [-0.15, -0.1) is 0 Å². The Morgan fingerprint density at radius 1 is 1.24 bits per heavy atom. The summed E-state index contributed by atoms with van der Waals surface area (Å²) >= 11 is 0. The van der Waals surface area contributed by atoms with E-state index in [0.29, 0.717) is 0 Å². The lowest BCUT2D eigenvalue weighted by Gasteiger charge is -2.30. The van der Waals surface area contributed by atoms with Gasteiger partial charge < -0.3 is 18.9 Å². The van der Waals surface area contributed by atoms with Gasteiger partial charge in [-0.25, -0.2) is 0 Å². The third kappa shape index (κ3) is 2.02. The van der Waals surface area contributed by atoms with Gasteiger partial charge in [0, 0.05) is 13.0 Å². The molecule has 0 spiro atoms. The lowest BCUT2D eigenvalue weighted by atomic mass is 9.74. The Balaban J connectivity index is 3.16. The van der Waals surface area contributed by atoms with Gasteiger partial charge in [0.1, 0.15) is 6.10 Å². The van der Waals surface area contributed by atoms with Gasteiger partial charge in [-0.1, -0.05) is 6.92 Å². The molecule has 1 saturated heterocycles. The molecule has 2 atom stereocenters. The summed E-state index contributed by atoms with van der Waals surface area (Å²) in [6.07, 6.45) is -0.678. The van der Waals surface area contributed by atoms with Crippen molar-refractivity contribution in [2.75, 3.05) is 34.5 Å². The Bertz CT molecular complexity index is 282. The van der Waals surface area contributed by atoms with Crippen LogP contribution >= 0.6 is 0 Å². The highest BCUT2D eigenvalue weighted by Crippen LogP contribution is 2.42. The summed E-state index contributed by atoms with van der Waals surface area (Å²) in [5.41, 5.74) is -1.43. The van der Waals surface area contributed by atoms with Crippen molar-refractivity contribution in [1.82, 2.24) is 0 Å². The Morgan fingerprint density at radius 3 is 2.18 bits per heavy atom. The van der Waals surface area contributed by atoms with Gasteiger partial charge in [-0.3, -0.25) is 9.59 Å². The summed E-state index contributed by atoms with van der Waals surface area (Å²) in [5.74, 6) is -1.60. The second kappa shape index (κ2) is 5.46. The van der Waals surface area contributed by atoms with E-state index in [1.807, 2.05) is 0 Å². The average Bonchev–Trinajstić information content (AvgIpc) is 2.66. The Kier molecular flexibility index (Phi) is 4.47. The van der Waals surface area contributed by atoms with Gasteiger partial charge in [-0.2, -0.15) is 0 Å². The number of carbonyl (C=O) groups is 2. The van der Waals surface area contributed by atoms with Crippen molar-refractivity contribution < 1.29 is 28.5 Å². The predicted molar refractivity (Wildman–Crippen MR) is 57.2 cm³/mol. The van der Waals surface area contributed by atoms with Crippen molar-refractivity contribution in [3.8, 4) is 0 Å². The number of esters is 2. The zero-order chi connectivity index (χ0) is 13.1. The highest BCUT2D eigenvalue weighted by atomic mass is 16.6. The molecule has 0 radical (unpaired) electrons. The lowest BCUT2D eigenvalue weighted by molar-refractivity contribution is -0.177. The van der Waals surface area contributed by atoms with Crippen LogP contribution in [0.25, 0.3) is 0 Å². The van der Waals surface area contributed by atoms with Gasteiger partial charge in [-0.05, 0) is 0 Å². The van der Waals surface area contributed by atoms with Gasteiger partial charge >= 0.3 is 11.9 Å². The number of methoxy groups -OCH3 is 3. The van der Waals surface area contributed by atoms with E-state index in [2.05, 4.69) is 0 Å². The number of ether oxygens (including phenoxy) is 4. The fourth-order valence-corrected chi connectivity index (χ4v) is 2.26. The predicted octanol–water partition coefficient (Wildman–Crippen LogP) is 0.000100. The Hall–Kier alpha value is -1.14. The van der Waals surface area contributed by atoms with Crippen LogP contribution in [0.5, 0.6) is 0 Å². The van der Waals surface area contributed by atoms with Crippen LogP contribution in [0.4, 0.5) is 0 Å². The standard InChI is InChI=1S/C11H18O6/c1-7-5-17-8(6-14-2)11(7,9(12)15-3)10(13)16-4/h7-8H,5-6H2,1-4H3/t7-,8+/m1/s1. The molecule has 6 heteroatoms. The minimum atomic E-state index is -1.43. The molecule has 0 aromatic carbocycles. The topological polar surface area (TPSA) is 71.1 Å². The molecule has 0 aromatic heterocycles. The molecular weight excluding hydrogens is 228 g/mol. The molecule has 6 nitrogen and oxygen atoms in total. The van der Waals surface area contributed by atoms with Crippen LogP contribution in [0.15, 0.2) is 0 Å². The zero-order valence-electron chi connectivity index (χ0n) is 10.5. The molecule has 0 aliphatic carbocycles. The third-order valence-corrected chi connectivity index (χ3v) is 3.20. The molecule has 0 amide bonds. The monoisotopic (exact) mass is 246 g/mol. The van der Waals surface area contributed by atoms with E-state index in [0.717, 1.165) is 0 Å². The van der Waals surface area contributed by atoms with Crippen molar-refractivity contribution in [2.24, 2.45) is 11.3 Å². The number of rotatable bonds is 4. The molecular formula is C11H18O6. The first-order valence-corrected chi connectivity index (χ1v) is 5.33. The first kappa shape index (κ1) is 13.9. The van der Waals surface area contributed by atoms with Crippen LogP contribution < -0.4 is 0 Å². The van der Waals surface area contributed by atoms with Gasteiger partial charge in [0.15, 0.2) is 5.41 Å². The quantitative estimate of drug-likeness (QED) is 0.513. The molecule has 0 unspecified atom stereocenters.